The Morgan fingerprint density at radius 2 is 0.694 bits per heavy atom. The highest BCUT2D eigenvalue weighted by molar-refractivity contribution is 5.71. The summed E-state index contributed by atoms with van der Waals surface area (Å²) >= 11 is 0. The number of rotatable bonds is 5. The number of benzene rings is 2. The molecule has 170 valence electrons. The number of hydrogen-bond acceptors (Lipinski definition) is 6. The van der Waals surface area contributed by atoms with Crippen LogP contribution in [0.25, 0.3) is 56.4 Å². The molecular weight excluding hydrogens is 444 g/mol. The Kier molecular flexibility index (Phi) is 5.74. The predicted octanol–water partition coefficient (Wildman–Crippen LogP) is 6.39. The van der Waals surface area contributed by atoms with Crippen molar-refractivity contribution in [1.29, 1.82) is 0 Å². The molecule has 0 fully saturated rings. The summed E-state index contributed by atoms with van der Waals surface area (Å²) in [7, 11) is 0. The maximum atomic E-state index is 4.84. The molecule has 6 rings (SSSR count). The topological polar surface area (TPSA) is 77.3 Å². The van der Waals surface area contributed by atoms with Gasteiger partial charge < -0.3 is 0 Å². The van der Waals surface area contributed by atoms with Crippen LogP contribution in [0.4, 0.5) is 0 Å². The van der Waals surface area contributed by atoms with Crippen LogP contribution in [0.1, 0.15) is 0 Å². The molecule has 0 aliphatic heterocycles. The van der Waals surface area contributed by atoms with Gasteiger partial charge >= 0.3 is 0 Å². The van der Waals surface area contributed by atoms with Crippen molar-refractivity contribution in [1.82, 2.24) is 29.9 Å². The number of aromatic nitrogens is 6. The number of nitrogens with zero attached hydrogens (tertiary/aromatic N) is 6. The Morgan fingerprint density at radius 3 is 1.17 bits per heavy atom. The number of pyridine rings is 3. The number of hydrogen-bond donors (Lipinski definition) is 0. The maximum absolute atomic E-state index is 4.84. The summed E-state index contributed by atoms with van der Waals surface area (Å²) in [5, 5.41) is 0. The minimum absolute atomic E-state index is 0.604. The molecule has 0 saturated heterocycles. The molecule has 4 heterocycles. The second kappa shape index (κ2) is 9.64. The lowest BCUT2D eigenvalue weighted by Crippen LogP contribution is -2.00. The van der Waals surface area contributed by atoms with Gasteiger partial charge in [0.05, 0.1) is 0 Å². The highest BCUT2D eigenvalue weighted by atomic mass is 15.0. The van der Waals surface area contributed by atoms with Crippen molar-refractivity contribution in [2.45, 2.75) is 0 Å². The van der Waals surface area contributed by atoms with E-state index in [0.29, 0.717) is 17.5 Å². The van der Waals surface area contributed by atoms with E-state index in [0.717, 1.165) is 38.9 Å². The van der Waals surface area contributed by atoms with Gasteiger partial charge in [0, 0.05) is 53.9 Å². The van der Waals surface area contributed by atoms with Gasteiger partial charge in [-0.1, -0.05) is 54.6 Å². The zero-order chi connectivity index (χ0) is 24.2. The third-order valence-electron chi connectivity index (χ3n) is 5.87. The zero-order valence-electron chi connectivity index (χ0n) is 19.2. The van der Waals surface area contributed by atoms with Gasteiger partial charge in [-0.05, 0) is 52.6 Å². The van der Waals surface area contributed by atoms with Crippen molar-refractivity contribution in [2.75, 3.05) is 0 Å². The van der Waals surface area contributed by atoms with Crippen molar-refractivity contribution < 1.29 is 0 Å². The van der Waals surface area contributed by atoms with Crippen LogP contribution in [0.2, 0.25) is 0 Å². The first kappa shape index (κ1) is 21.4. The molecule has 0 unspecified atom stereocenters. The van der Waals surface area contributed by atoms with Crippen molar-refractivity contribution >= 4 is 0 Å². The summed E-state index contributed by atoms with van der Waals surface area (Å²) in [6.07, 6.45) is 10.7. The van der Waals surface area contributed by atoms with Crippen LogP contribution >= 0.6 is 0 Å². The lowest BCUT2D eigenvalue weighted by molar-refractivity contribution is 1.07. The third-order valence-corrected chi connectivity index (χ3v) is 5.87. The van der Waals surface area contributed by atoms with Crippen LogP contribution in [-0.4, -0.2) is 29.9 Å². The maximum Gasteiger partial charge on any atom is 0.164 e. The minimum atomic E-state index is 0.604. The van der Waals surface area contributed by atoms with Gasteiger partial charge in [-0.2, -0.15) is 0 Å². The van der Waals surface area contributed by atoms with E-state index in [1.807, 2.05) is 66.9 Å². The molecule has 2 aromatic carbocycles. The van der Waals surface area contributed by atoms with E-state index < -0.39 is 0 Å². The van der Waals surface area contributed by atoms with Crippen LogP contribution in [0, 0.1) is 0 Å². The highest BCUT2D eigenvalue weighted by Gasteiger charge is 2.13. The fourth-order valence-electron chi connectivity index (χ4n) is 3.97. The van der Waals surface area contributed by atoms with Gasteiger partial charge in [0.1, 0.15) is 0 Å². The molecule has 0 N–H and O–H groups in total. The van der Waals surface area contributed by atoms with E-state index in [1.54, 1.807) is 31.0 Å². The summed E-state index contributed by atoms with van der Waals surface area (Å²) in [6.45, 7) is 0. The van der Waals surface area contributed by atoms with E-state index >= 15 is 0 Å². The Labute approximate surface area is 208 Å². The molecule has 6 nitrogen and oxygen atoms in total. The SMILES string of the molecule is c1cncc(-c2ccc(-c3nc(-c4ccncc4)nc(-c4ccc(-c5ccncc5)cc4)n3)cc2)c1. The molecule has 0 radical (unpaired) electrons. The molecule has 6 heteroatoms. The van der Waals surface area contributed by atoms with Gasteiger partial charge in [0.25, 0.3) is 0 Å². The second-order valence-electron chi connectivity index (χ2n) is 8.17. The molecule has 6 aromatic rings. The fourth-order valence-corrected chi connectivity index (χ4v) is 3.97. The van der Waals surface area contributed by atoms with Crippen LogP contribution in [0.3, 0.4) is 0 Å². The summed E-state index contributed by atoms with van der Waals surface area (Å²) in [4.78, 5) is 26.9. The molecule has 0 bridgehead atoms. The fraction of sp³-hybridized carbons (Fsp3) is 0. The average Bonchev–Trinajstić information content (AvgIpc) is 2.98. The van der Waals surface area contributed by atoms with Gasteiger partial charge in [0.2, 0.25) is 0 Å². The predicted molar refractivity (Wildman–Crippen MR) is 140 cm³/mol. The molecule has 0 spiro atoms. The Balaban J connectivity index is 1.41. The van der Waals surface area contributed by atoms with Crippen LogP contribution < -0.4 is 0 Å². The quantitative estimate of drug-likeness (QED) is 0.294. The molecule has 0 aliphatic rings. The molecule has 36 heavy (non-hydrogen) atoms. The lowest BCUT2D eigenvalue weighted by atomic mass is 10.0. The van der Waals surface area contributed by atoms with Gasteiger partial charge in [-0.3, -0.25) is 15.0 Å². The summed E-state index contributed by atoms with van der Waals surface area (Å²) in [5.41, 5.74) is 7.08. The van der Waals surface area contributed by atoms with E-state index in [1.165, 1.54) is 0 Å². The second-order valence-corrected chi connectivity index (χ2v) is 8.17. The van der Waals surface area contributed by atoms with Crippen LogP contribution in [0.15, 0.2) is 122 Å². The largest absolute Gasteiger partial charge is 0.265 e. The highest BCUT2D eigenvalue weighted by Crippen LogP contribution is 2.28. The first-order chi connectivity index (χ1) is 17.8. The molecule has 0 atom stereocenters. The summed E-state index contributed by atoms with van der Waals surface area (Å²) in [5.74, 6) is 1.83. The monoisotopic (exact) mass is 464 g/mol. The summed E-state index contributed by atoms with van der Waals surface area (Å²) in [6, 6.07) is 28.2. The Hall–Kier alpha value is -5.10. The first-order valence-electron chi connectivity index (χ1n) is 11.5. The minimum Gasteiger partial charge on any atom is -0.265 e. The van der Waals surface area contributed by atoms with E-state index in [-0.39, 0.29) is 0 Å². The average molecular weight is 465 g/mol. The lowest BCUT2D eigenvalue weighted by Gasteiger charge is -2.09. The summed E-state index contributed by atoms with van der Waals surface area (Å²) < 4.78 is 0. The Morgan fingerprint density at radius 1 is 0.306 bits per heavy atom. The van der Waals surface area contributed by atoms with Crippen LogP contribution in [-0.2, 0) is 0 Å². The molecule has 0 saturated carbocycles. The zero-order valence-corrected chi connectivity index (χ0v) is 19.2. The first-order valence-corrected chi connectivity index (χ1v) is 11.5. The standard InChI is InChI=1S/C30H20N6/c1-2-27(20-33-15-1)22-5-9-25(10-6-22)29-34-28(35-30(36-29)26-13-18-32-19-14-26)24-7-3-21(4-8-24)23-11-16-31-17-12-23/h1-20H. The Bertz CT molecular complexity index is 1480. The van der Waals surface area contributed by atoms with E-state index in [9.17, 15) is 0 Å². The van der Waals surface area contributed by atoms with Crippen molar-refractivity contribution in [2.24, 2.45) is 0 Å². The van der Waals surface area contributed by atoms with Gasteiger partial charge in [-0.15, -0.1) is 0 Å². The smallest absolute Gasteiger partial charge is 0.164 e. The van der Waals surface area contributed by atoms with Gasteiger partial charge in [-0.25, -0.2) is 15.0 Å². The molecule has 4 aromatic heterocycles. The normalized spacial score (nSPS) is 10.8. The van der Waals surface area contributed by atoms with Crippen LogP contribution in [0.5, 0.6) is 0 Å². The van der Waals surface area contributed by atoms with Crippen molar-refractivity contribution in [3.05, 3.63) is 122 Å². The van der Waals surface area contributed by atoms with E-state index in [4.69, 9.17) is 15.0 Å². The third kappa shape index (κ3) is 4.48. The molecule has 0 aliphatic carbocycles. The van der Waals surface area contributed by atoms with Crippen molar-refractivity contribution in [3.63, 3.8) is 0 Å². The molecule has 0 amide bonds. The van der Waals surface area contributed by atoms with Crippen molar-refractivity contribution in [3.8, 4) is 56.4 Å². The van der Waals surface area contributed by atoms with Gasteiger partial charge in [0.15, 0.2) is 17.5 Å². The van der Waals surface area contributed by atoms with E-state index in [2.05, 4.69) is 39.2 Å². The molecular formula is C30H20N6.